The summed E-state index contributed by atoms with van der Waals surface area (Å²) in [6, 6.07) is 5.27. The summed E-state index contributed by atoms with van der Waals surface area (Å²) >= 11 is 0. The van der Waals surface area contributed by atoms with Crippen LogP contribution in [0.25, 0.3) is 0 Å². The summed E-state index contributed by atoms with van der Waals surface area (Å²) in [4.78, 5) is 28.4. The molecular weight excluding hydrogens is 339 g/mol. The molecule has 1 aromatic carbocycles. The van der Waals surface area contributed by atoms with Gasteiger partial charge in [-0.05, 0) is 44.1 Å². The smallest absolute Gasteiger partial charge is 0.251 e. The lowest BCUT2D eigenvalue weighted by Gasteiger charge is -2.19. The highest BCUT2D eigenvalue weighted by Gasteiger charge is 2.21. The standard InChI is InChI=1S/C17H21FN6O2/c1-24-17(22-15(23-24)11-5-7-19-8-6-11)21-14(25)10-20-16(26)12-3-2-4-13(18)9-12/h2-4,9,11,19H,5-8,10H2,1H3,(H,20,26)(H,21,22,23,25). The van der Waals surface area contributed by atoms with Gasteiger partial charge in [0.2, 0.25) is 11.9 Å². The van der Waals surface area contributed by atoms with Crippen LogP contribution in [0.15, 0.2) is 24.3 Å². The molecule has 1 aliphatic rings. The van der Waals surface area contributed by atoms with Crippen LogP contribution in [-0.4, -0.2) is 46.2 Å². The minimum atomic E-state index is -0.520. The van der Waals surface area contributed by atoms with Crippen LogP contribution in [0.4, 0.5) is 10.3 Å². The third-order valence-corrected chi connectivity index (χ3v) is 4.23. The molecule has 0 spiro atoms. The molecule has 3 N–H and O–H groups in total. The van der Waals surface area contributed by atoms with E-state index in [0.717, 1.165) is 32.0 Å². The van der Waals surface area contributed by atoms with E-state index in [0.29, 0.717) is 11.8 Å². The number of aromatic nitrogens is 3. The van der Waals surface area contributed by atoms with E-state index in [1.807, 2.05) is 0 Å². The number of nitrogens with zero attached hydrogens (tertiary/aromatic N) is 3. The van der Waals surface area contributed by atoms with Crippen LogP contribution in [0.2, 0.25) is 0 Å². The van der Waals surface area contributed by atoms with Gasteiger partial charge in [-0.15, -0.1) is 0 Å². The topological polar surface area (TPSA) is 101 Å². The Morgan fingerprint density at radius 3 is 2.85 bits per heavy atom. The van der Waals surface area contributed by atoms with Crippen molar-refractivity contribution < 1.29 is 14.0 Å². The number of hydrogen-bond acceptors (Lipinski definition) is 5. The molecule has 26 heavy (non-hydrogen) atoms. The van der Waals surface area contributed by atoms with E-state index >= 15 is 0 Å². The molecule has 1 aromatic heterocycles. The van der Waals surface area contributed by atoms with Gasteiger partial charge >= 0.3 is 0 Å². The summed E-state index contributed by atoms with van der Waals surface area (Å²) in [5.41, 5.74) is 0.157. The summed E-state index contributed by atoms with van der Waals surface area (Å²) in [5.74, 6) is -0.126. The third-order valence-electron chi connectivity index (χ3n) is 4.23. The first-order valence-corrected chi connectivity index (χ1v) is 8.48. The summed E-state index contributed by atoms with van der Waals surface area (Å²) in [6.45, 7) is 1.61. The molecule has 8 nitrogen and oxygen atoms in total. The summed E-state index contributed by atoms with van der Waals surface area (Å²) in [7, 11) is 1.71. The van der Waals surface area contributed by atoms with Crippen molar-refractivity contribution in [3.05, 3.63) is 41.5 Å². The van der Waals surface area contributed by atoms with Crippen LogP contribution < -0.4 is 16.0 Å². The van der Waals surface area contributed by atoms with Crippen LogP contribution in [0.5, 0.6) is 0 Å². The number of carbonyl (C=O) groups is 2. The SMILES string of the molecule is Cn1nc(C2CCNCC2)nc1NC(=O)CNC(=O)c1cccc(F)c1. The quantitative estimate of drug-likeness (QED) is 0.732. The van der Waals surface area contributed by atoms with Crippen LogP contribution in [0.3, 0.4) is 0 Å². The molecule has 0 bridgehead atoms. The number of nitrogens with one attached hydrogen (secondary N) is 3. The predicted molar refractivity (Wildman–Crippen MR) is 93.2 cm³/mol. The van der Waals surface area contributed by atoms with E-state index in [1.54, 1.807) is 7.05 Å². The largest absolute Gasteiger partial charge is 0.343 e. The van der Waals surface area contributed by atoms with Crippen molar-refractivity contribution in [2.45, 2.75) is 18.8 Å². The van der Waals surface area contributed by atoms with E-state index < -0.39 is 17.6 Å². The van der Waals surface area contributed by atoms with Gasteiger partial charge in [-0.3, -0.25) is 14.9 Å². The van der Waals surface area contributed by atoms with E-state index in [4.69, 9.17) is 0 Å². The number of rotatable bonds is 5. The van der Waals surface area contributed by atoms with Crippen molar-refractivity contribution in [2.24, 2.45) is 7.05 Å². The van der Waals surface area contributed by atoms with Crippen LogP contribution in [-0.2, 0) is 11.8 Å². The summed E-state index contributed by atoms with van der Waals surface area (Å²) < 4.78 is 14.7. The lowest BCUT2D eigenvalue weighted by atomic mass is 9.98. The van der Waals surface area contributed by atoms with Crippen molar-refractivity contribution >= 4 is 17.8 Å². The Balaban J connectivity index is 1.54. The minimum Gasteiger partial charge on any atom is -0.343 e. The maximum Gasteiger partial charge on any atom is 0.251 e. The molecule has 0 aliphatic carbocycles. The first-order valence-electron chi connectivity index (χ1n) is 8.48. The first-order chi connectivity index (χ1) is 12.5. The third kappa shape index (κ3) is 4.42. The second-order valence-corrected chi connectivity index (χ2v) is 6.18. The Hall–Kier alpha value is -2.81. The van der Waals surface area contributed by atoms with E-state index in [-0.39, 0.29) is 18.0 Å². The molecule has 0 atom stereocenters. The normalized spacial score (nSPS) is 14.8. The lowest BCUT2D eigenvalue weighted by Crippen LogP contribution is -2.33. The predicted octanol–water partition coefficient (Wildman–Crippen LogP) is 0.790. The van der Waals surface area contributed by atoms with Crippen molar-refractivity contribution in [1.82, 2.24) is 25.4 Å². The van der Waals surface area contributed by atoms with Crippen molar-refractivity contribution in [2.75, 3.05) is 25.0 Å². The van der Waals surface area contributed by atoms with Gasteiger partial charge in [-0.25, -0.2) is 9.07 Å². The Morgan fingerprint density at radius 1 is 1.35 bits per heavy atom. The van der Waals surface area contributed by atoms with Gasteiger partial charge in [-0.2, -0.15) is 10.1 Å². The lowest BCUT2D eigenvalue weighted by molar-refractivity contribution is -0.115. The fourth-order valence-electron chi connectivity index (χ4n) is 2.83. The number of piperidine rings is 1. The zero-order valence-corrected chi connectivity index (χ0v) is 14.5. The van der Waals surface area contributed by atoms with Crippen molar-refractivity contribution in [3.63, 3.8) is 0 Å². The molecule has 0 radical (unpaired) electrons. The molecule has 2 aromatic rings. The number of amides is 2. The van der Waals surface area contributed by atoms with E-state index in [1.165, 1.54) is 22.9 Å². The van der Waals surface area contributed by atoms with Crippen LogP contribution in [0.1, 0.15) is 34.9 Å². The monoisotopic (exact) mass is 360 g/mol. The van der Waals surface area contributed by atoms with Gasteiger partial charge in [0, 0.05) is 18.5 Å². The number of aryl methyl sites for hydroxylation is 1. The summed E-state index contributed by atoms with van der Waals surface area (Å²) in [6.07, 6.45) is 1.92. The molecule has 138 valence electrons. The fraction of sp³-hybridized carbons (Fsp3) is 0.412. The van der Waals surface area contributed by atoms with Crippen molar-refractivity contribution in [1.29, 1.82) is 0 Å². The number of carbonyl (C=O) groups excluding carboxylic acids is 2. The molecule has 1 saturated heterocycles. The minimum absolute atomic E-state index is 0.157. The molecule has 0 saturated carbocycles. The number of hydrogen-bond donors (Lipinski definition) is 3. The van der Waals surface area contributed by atoms with E-state index in [9.17, 15) is 14.0 Å². The molecule has 1 fully saturated rings. The van der Waals surface area contributed by atoms with Crippen LogP contribution >= 0.6 is 0 Å². The Kier molecular flexibility index (Phi) is 5.57. The van der Waals surface area contributed by atoms with Gasteiger partial charge in [0.25, 0.3) is 5.91 Å². The molecule has 2 amide bonds. The Morgan fingerprint density at radius 2 is 2.12 bits per heavy atom. The van der Waals surface area contributed by atoms with Gasteiger partial charge < -0.3 is 10.6 Å². The molecule has 9 heteroatoms. The van der Waals surface area contributed by atoms with Gasteiger partial charge in [-0.1, -0.05) is 6.07 Å². The zero-order valence-electron chi connectivity index (χ0n) is 14.5. The van der Waals surface area contributed by atoms with Gasteiger partial charge in [0.1, 0.15) is 5.82 Å². The Labute approximate surface area is 150 Å². The second kappa shape index (κ2) is 8.05. The molecule has 3 rings (SSSR count). The average molecular weight is 360 g/mol. The maximum absolute atomic E-state index is 13.1. The van der Waals surface area contributed by atoms with Gasteiger partial charge in [0.05, 0.1) is 6.54 Å². The van der Waals surface area contributed by atoms with Crippen molar-refractivity contribution in [3.8, 4) is 0 Å². The molecule has 1 aliphatic heterocycles. The molecular formula is C17H21FN6O2. The highest BCUT2D eigenvalue weighted by molar-refractivity contribution is 5.98. The van der Waals surface area contributed by atoms with E-state index in [2.05, 4.69) is 26.0 Å². The second-order valence-electron chi connectivity index (χ2n) is 6.18. The average Bonchev–Trinajstić information content (AvgIpc) is 3.01. The molecule has 0 unspecified atom stereocenters. The fourth-order valence-corrected chi connectivity index (χ4v) is 2.83. The van der Waals surface area contributed by atoms with Crippen LogP contribution in [0, 0.1) is 5.82 Å². The number of halogens is 1. The summed E-state index contributed by atoms with van der Waals surface area (Å²) in [5, 5.41) is 12.7. The van der Waals surface area contributed by atoms with Gasteiger partial charge in [0.15, 0.2) is 5.82 Å². The number of anilines is 1. The Bertz CT molecular complexity index is 800. The zero-order chi connectivity index (χ0) is 18.5. The first kappa shape index (κ1) is 18.0. The molecule has 2 heterocycles. The maximum atomic E-state index is 13.1. The highest BCUT2D eigenvalue weighted by Crippen LogP contribution is 2.23. The number of benzene rings is 1. The highest BCUT2D eigenvalue weighted by atomic mass is 19.1.